The van der Waals surface area contributed by atoms with Crippen LogP contribution in [0.1, 0.15) is 36.8 Å². The Labute approximate surface area is 105 Å². The van der Waals surface area contributed by atoms with Gasteiger partial charge in [0.05, 0.1) is 0 Å². The third-order valence-corrected chi connectivity index (χ3v) is 3.98. The van der Waals surface area contributed by atoms with Gasteiger partial charge in [-0.1, -0.05) is 18.2 Å². The van der Waals surface area contributed by atoms with Crippen LogP contribution in [0.15, 0.2) is 23.2 Å². The fraction of sp³-hybridized carbons (Fsp3) is 0.429. The Kier molecular flexibility index (Phi) is 2.53. The van der Waals surface area contributed by atoms with Crippen LogP contribution >= 0.6 is 0 Å². The van der Waals surface area contributed by atoms with Crippen LogP contribution in [0.5, 0.6) is 0 Å². The summed E-state index contributed by atoms with van der Waals surface area (Å²) in [5.74, 6) is 0.0412. The van der Waals surface area contributed by atoms with Crippen LogP contribution < -0.4 is 5.32 Å². The standard InChI is InChI=1S/C14H14N2O2/c17-9-15-14(7-2-8-14)11-4-1-3-10-5-6-12(18)16-13(10)11/h1,3-4H,2,5-8H2,(H,16,18). The van der Waals surface area contributed by atoms with E-state index >= 15 is 0 Å². The summed E-state index contributed by atoms with van der Waals surface area (Å²) in [5.41, 5.74) is 2.53. The molecule has 0 saturated heterocycles. The van der Waals surface area contributed by atoms with E-state index in [9.17, 15) is 9.59 Å². The molecular formula is C14H14N2O2. The monoisotopic (exact) mass is 242 g/mol. The Morgan fingerprint density at radius 3 is 2.78 bits per heavy atom. The maximum absolute atomic E-state index is 11.6. The number of fused-ring (bicyclic) bond motifs is 1. The zero-order valence-corrected chi connectivity index (χ0v) is 10.0. The van der Waals surface area contributed by atoms with E-state index < -0.39 is 5.54 Å². The average Bonchev–Trinajstić information content (AvgIpc) is 2.33. The van der Waals surface area contributed by atoms with Crippen LogP contribution in [0.4, 0.5) is 5.69 Å². The minimum atomic E-state index is -0.447. The third-order valence-electron chi connectivity index (χ3n) is 3.98. The number of isocyanates is 1. The molecule has 92 valence electrons. The van der Waals surface area contributed by atoms with Crippen molar-refractivity contribution < 1.29 is 9.59 Å². The smallest absolute Gasteiger partial charge is 0.235 e. The van der Waals surface area contributed by atoms with Gasteiger partial charge in [0.25, 0.3) is 0 Å². The molecule has 0 aromatic heterocycles. The molecule has 4 nitrogen and oxygen atoms in total. The van der Waals surface area contributed by atoms with Crippen molar-refractivity contribution in [2.75, 3.05) is 5.32 Å². The van der Waals surface area contributed by atoms with Gasteiger partial charge < -0.3 is 5.32 Å². The molecule has 3 rings (SSSR count). The first-order chi connectivity index (χ1) is 8.75. The number of nitrogens with one attached hydrogen (secondary N) is 1. The van der Waals surface area contributed by atoms with Gasteiger partial charge in [-0.3, -0.25) is 4.79 Å². The third kappa shape index (κ3) is 1.57. The number of benzene rings is 1. The van der Waals surface area contributed by atoms with E-state index in [1.165, 1.54) is 0 Å². The zero-order chi connectivity index (χ0) is 12.6. The average molecular weight is 242 g/mol. The first-order valence-electron chi connectivity index (χ1n) is 6.26. The highest BCUT2D eigenvalue weighted by Gasteiger charge is 2.41. The van der Waals surface area contributed by atoms with Gasteiger partial charge in [0.1, 0.15) is 5.54 Å². The molecule has 1 fully saturated rings. The normalized spacial score (nSPS) is 20.1. The maximum Gasteiger partial charge on any atom is 0.235 e. The molecular weight excluding hydrogens is 228 g/mol. The van der Waals surface area contributed by atoms with E-state index in [-0.39, 0.29) is 5.91 Å². The highest BCUT2D eigenvalue weighted by atomic mass is 16.1. The van der Waals surface area contributed by atoms with Gasteiger partial charge in [-0.25, -0.2) is 4.79 Å². The molecule has 1 saturated carbocycles. The number of hydrogen-bond donors (Lipinski definition) is 1. The second kappa shape index (κ2) is 4.07. The second-order valence-electron chi connectivity index (χ2n) is 4.98. The number of para-hydroxylation sites is 1. The number of amides is 1. The summed E-state index contributed by atoms with van der Waals surface area (Å²) in [4.78, 5) is 26.2. The summed E-state index contributed by atoms with van der Waals surface area (Å²) in [6.45, 7) is 0. The zero-order valence-electron chi connectivity index (χ0n) is 10.0. The van der Waals surface area contributed by atoms with Crippen LogP contribution in [-0.4, -0.2) is 12.0 Å². The fourth-order valence-electron chi connectivity index (χ4n) is 2.83. The van der Waals surface area contributed by atoms with Crippen molar-refractivity contribution in [1.29, 1.82) is 0 Å². The number of nitrogens with zero attached hydrogens (tertiary/aromatic N) is 1. The van der Waals surface area contributed by atoms with Crippen molar-refractivity contribution in [1.82, 2.24) is 0 Å². The van der Waals surface area contributed by atoms with Crippen molar-refractivity contribution in [3.63, 3.8) is 0 Å². The van der Waals surface area contributed by atoms with E-state index in [2.05, 4.69) is 10.3 Å². The molecule has 1 aliphatic heterocycles. The Morgan fingerprint density at radius 1 is 1.28 bits per heavy atom. The molecule has 1 N–H and O–H groups in total. The summed E-state index contributed by atoms with van der Waals surface area (Å²) in [7, 11) is 0. The van der Waals surface area contributed by atoms with Crippen molar-refractivity contribution in [2.45, 2.75) is 37.6 Å². The lowest BCUT2D eigenvalue weighted by atomic mass is 9.71. The predicted octanol–water partition coefficient (Wildman–Crippen LogP) is 2.29. The molecule has 4 heteroatoms. The summed E-state index contributed by atoms with van der Waals surface area (Å²) in [5, 5.41) is 2.93. The molecule has 0 bridgehead atoms. The molecule has 0 spiro atoms. The van der Waals surface area contributed by atoms with Crippen molar-refractivity contribution in [2.24, 2.45) is 4.99 Å². The van der Waals surface area contributed by atoms with E-state index in [0.29, 0.717) is 6.42 Å². The molecule has 0 radical (unpaired) electrons. The van der Waals surface area contributed by atoms with Crippen LogP contribution in [0, 0.1) is 0 Å². The van der Waals surface area contributed by atoms with Gasteiger partial charge in [0.15, 0.2) is 0 Å². The lowest BCUT2D eigenvalue weighted by Crippen LogP contribution is -2.34. The maximum atomic E-state index is 11.6. The Balaban J connectivity index is 2.12. The van der Waals surface area contributed by atoms with Crippen LogP contribution in [0.25, 0.3) is 0 Å². The van der Waals surface area contributed by atoms with E-state index in [1.807, 2.05) is 18.2 Å². The van der Waals surface area contributed by atoms with Crippen molar-refractivity contribution in [3.8, 4) is 0 Å². The summed E-state index contributed by atoms with van der Waals surface area (Å²) < 4.78 is 0. The van der Waals surface area contributed by atoms with Gasteiger partial charge in [0, 0.05) is 17.7 Å². The first-order valence-corrected chi connectivity index (χ1v) is 6.26. The number of aryl methyl sites for hydroxylation is 1. The quantitative estimate of drug-likeness (QED) is 0.639. The van der Waals surface area contributed by atoms with Gasteiger partial charge >= 0.3 is 0 Å². The molecule has 0 unspecified atom stereocenters. The van der Waals surface area contributed by atoms with E-state index in [4.69, 9.17) is 0 Å². The van der Waals surface area contributed by atoms with Crippen molar-refractivity contribution in [3.05, 3.63) is 29.3 Å². The predicted molar refractivity (Wildman–Crippen MR) is 67.0 cm³/mol. The van der Waals surface area contributed by atoms with Crippen LogP contribution in [0.3, 0.4) is 0 Å². The topological polar surface area (TPSA) is 58.5 Å². The molecule has 1 aromatic rings. The van der Waals surface area contributed by atoms with Gasteiger partial charge in [0.2, 0.25) is 12.0 Å². The molecule has 1 amide bonds. The summed E-state index contributed by atoms with van der Waals surface area (Å²) in [6.07, 6.45) is 5.75. The number of hydrogen-bond acceptors (Lipinski definition) is 3. The van der Waals surface area contributed by atoms with Crippen LogP contribution in [0.2, 0.25) is 0 Å². The number of carbonyl (C=O) groups excluding carboxylic acids is 2. The Morgan fingerprint density at radius 2 is 2.11 bits per heavy atom. The Bertz CT molecular complexity index is 555. The molecule has 0 atom stereocenters. The first kappa shape index (κ1) is 11.2. The van der Waals surface area contributed by atoms with Gasteiger partial charge in [-0.05, 0) is 31.2 Å². The lowest BCUT2D eigenvalue weighted by molar-refractivity contribution is -0.116. The molecule has 1 aromatic carbocycles. The van der Waals surface area contributed by atoms with Gasteiger partial charge in [-0.2, -0.15) is 4.99 Å². The molecule has 18 heavy (non-hydrogen) atoms. The number of aliphatic imine (C=N–C) groups is 1. The van der Waals surface area contributed by atoms with Gasteiger partial charge in [-0.15, -0.1) is 0 Å². The Hall–Kier alpha value is -1.93. The summed E-state index contributed by atoms with van der Waals surface area (Å²) >= 11 is 0. The minimum Gasteiger partial charge on any atom is -0.325 e. The molecule has 1 aliphatic carbocycles. The van der Waals surface area contributed by atoms with E-state index in [0.717, 1.165) is 42.5 Å². The lowest BCUT2D eigenvalue weighted by Gasteiger charge is -2.39. The van der Waals surface area contributed by atoms with Crippen molar-refractivity contribution >= 4 is 17.7 Å². The molecule has 2 aliphatic rings. The summed E-state index contributed by atoms with van der Waals surface area (Å²) in [6, 6.07) is 5.96. The number of carbonyl (C=O) groups is 1. The van der Waals surface area contributed by atoms with Crippen LogP contribution in [-0.2, 0) is 21.5 Å². The SMILES string of the molecule is O=C=NC1(c2cccc3c2NC(=O)CC3)CCC1. The molecule has 1 heterocycles. The van der Waals surface area contributed by atoms with E-state index in [1.54, 1.807) is 6.08 Å². The fourth-order valence-corrected chi connectivity index (χ4v) is 2.83. The largest absolute Gasteiger partial charge is 0.325 e. The highest BCUT2D eigenvalue weighted by molar-refractivity contribution is 5.95. The minimum absolute atomic E-state index is 0.0412. The number of anilines is 1. The second-order valence-corrected chi connectivity index (χ2v) is 4.98. The number of rotatable bonds is 2. The highest BCUT2D eigenvalue weighted by Crippen LogP contribution is 2.48.